The number of hydrogen-bond donors (Lipinski definition) is 1. The summed E-state index contributed by atoms with van der Waals surface area (Å²) in [4.78, 5) is 0. The Bertz CT molecular complexity index is 449. The summed E-state index contributed by atoms with van der Waals surface area (Å²) in [5.74, 6) is 3.32. The lowest BCUT2D eigenvalue weighted by atomic mass is 10.1. The van der Waals surface area contributed by atoms with Crippen molar-refractivity contribution < 1.29 is 0 Å². The van der Waals surface area contributed by atoms with Gasteiger partial charge in [-0.25, -0.2) is 0 Å². The molecule has 0 spiro atoms. The fraction of sp³-hybridized carbons (Fsp3) is 0.385. The summed E-state index contributed by atoms with van der Waals surface area (Å²) in [5, 5.41) is 0. The largest absolute Gasteiger partial charge is 0.326 e. The molecule has 0 fully saturated rings. The molecule has 0 aliphatic carbocycles. The number of halogens is 1. The van der Waals surface area contributed by atoms with Crippen molar-refractivity contribution in [3.8, 4) is 11.5 Å². The second kappa shape index (κ2) is 5.35. The van der Waals surface area contributed by atoms with E-state index in [0.717, 1.165) is 11.1 Å². The molecule has 0 radical (unpaired) electrons. The van der Waals surface area contributed by atoms with Crippen LogP contribution < -0.4 is 5.73 Å². The summed E-state index contributed by atoms with van der Waals surface area (Å²) in [7, 11) is -1.30. The van der Waals surface area contributed by atoms with Crippen LogP contribution in [0.25, 0.3) is 0 Å². The summed E-state index contributed by atoms with van der Waals surface area (Å²) >= 11 is 2.35. The van der Waals surface area contributed by atoms with Gasteiger partial charge in [-0.05, 0) is 52.8 Å². The van der Waals surface area contributed by atoms with Gasteiger partial charge in [0.1, 0.15) is 8.07 Å². The van der Waals surface area contributed by atoms with Gasteiger partial charge < -0.3 is 5.73 Å². The first-order chi connectivity index (χ1) is 7.33. The zero-order chi connectivity index (χ0) is 12.3. The van der Waals surface area contributed by atoms with Crippen LogP contribution in [-0.2, 0) is 6.54 Å². The Morgan fingerprint density at radius 2 is 1.94 bits per heavy atom. The molecule has 1 rings (SSSR count). The summed E-state index contributed by atoms with van der Waals surface area (Å²) in [6, 6.07) is 4.25. The number of hydrogen-bond acceptors (Lipinski definition) is 1. The molecule has 0 amide bonds. The van der Waals surface area contributed by atoms with E-state index in [1.165, 1.54) is 9.13 Å². The highest BCUT2D eigenvalue weighted by atomic mass is 127. The maximum atomic E-state index is 5.68. The molecular weight excluding hydrogens is 325 g/mol. The Hall–Kier alpha value is -0.313. The first kappa shape index (κ1) is 13.8. The standard InChI is InChI=1S/C13H18INSi/c1-10-12(5-6-16(2,3)4)7-11(9-15)8-13(10)14/h7-8H,9,15H2,1-4H3. The van der Waals surface area contributed by atoms with Crippen molar-refractivity contribution in [1.82, 2.24) is 0 Å². The van der Waals surface area contributed by atoms with E-state index in [1.807, 2.05) is 0 Å². The van der Waals surface area contributed by atoms with Gasteiger partial charge in [-0.3, -0.25) is 0 Å². The minimum atomic E-state index is -1.30. The van der Waals surface area contributed by atoms with Crippen molar-refractivity contribution in [3.63, 3.8) is 0 Å². The first-order valence-electron chi connectivity index (χ1n) is 5.36. The van der Waals surface area contributed by atoms with Gasteiger partial charge in [-0.1, -0.05) is 25.6 Å². The minimum Gasteiger partial charge on any atom is -0.326 e. The highest BCUT2D eigenvalue weighted by Gasteiger charge is 2.08. The van der Waals surface area contributed by atoms with E-state index in [2.05, 4.69) is 72.8 Å². The summed E-state index contributed by atoms with van der Waals surface area (Å²) in [5.41, 5.74) is 12.6. The van der Waals surface area contributed by atoms with Gasteiger partial charge in [0.15, 0.2) is 0 Å². The van der Waals surface area contributed by atoms with Gasteiger partial charge in [-0.2, -0.15) is 0 Å². The first-order valence-corrected chi connectivity index (χ1v) is 9.93. The van der Waals surface area contributed by atoms with Crippen LogP contribution in [0.1, 0.15) is 16.7 Å². The van der Waals surface area contributed by atoms with Crippen LogP contribution in [0.4, 0.5) is 0 Å². The molecule has 1 nitrogen and oxygen atoms in total. The number of nitrogens with two attached hydrogens (primary N) is 1. The number of benzene rings is 1. The van der Waals surface area contributed by atoms with Crippen LogP contribution in [0.3, 0.4) is 0 Å². The van der Waals surface area contributed by atoms with Crippen molar-refractivity contribution in [2.24, 2.45) is 5.73 Å². The second-order valence-corrected chi connectivity index (χ2v) is 10.9. The van der Waals surface area contributed by atoms with E-state index in [9.17, 15) is 0 Å². The van der Waals surface area contributed by atoms with Crippen LogP contribution >= 0.6 is 22.6 Å². The van der Waals surface area contributed by atoms with E-state index in [0.29, 0.717) is 6.54 Å². The normalized spacial score (nSPS) is 10.9. The topological polar surface area (TPSA) is 26.0 Å². The minimum absolute atomic E-state index is 0.581. The monoisotopic (exact) mass is 343 g/mol. The van der Waals surface area contributed by atoms with Gasteiger partial charge in [0.05, 0.1) is 0 Å². The van der Waals surface area contributed by atoms with Crippen LogP contribution in [-0.4, -0.2) is 8.07 Å². The molecule has 0 aliphatic heterocycles. The molecule has 0 saturated heterocycles. The van der Waals surface area contributed by atoms with E-state index in [1.54, 1.807) is 0 Å². The molecule has 0 atom stereocenters. The average Bonchev–Trinajstić information content (AvgIpc) is 2.18. The maximum absolute atomic E-state index is 5.68. The molecule has 1 aromatic rings. The molecular formula is C13H18INSi. The predicted octanol–water partition coefficient (Wildman–Crippen LogP) is 3.29. The SMILES string of the molecule is Cc1c(I)cc(CN)cc1C#C[Si](C)(C)C. The predicted molar refractivity (Wildman–Crippen MR) is 82.0 cm³/mol. The molecule has 0 saturated carbocycles. The summed E-state index contributed by atoms with van der Waals surface area (Å²) in [6.45, 7) is 9.47. The van der Waals surface area contributed by atoms with E-state index in [-0.39, 0.29) is 0 Å². The molecule has 0 bridgehead atoms. The lowest BCUT2D eigenvalue weighted by molar-refractivity contribution is 1.06. The van der Waals surface area contributed by atoms with Crippen molar-refractivity contribution in [2.45, 2.75) is 33.1 Å². The quantitative estimate of drug-likeness (QED) is 0.473. The highest BCUT2D eigenvalue weighted by molar-refractivity contribution is 14.1. The number of rotatable bonds is 1. The van der Waals surface area contributed by atoms with Crippen molar-refractivity contribution in [1.29, 1.82) is 0 Å². The van der Waals surface area contributed by atoms with Crippen LogP contribution in [0, 0.1) is 22.0 Å². The Kier molecular flexibility index (Phi) is 4.59. The zero-order valence-electron chi connectivity index (χ0n) is 10.3. The fourth-order valence-corrected chi connectivity index (χ4v) is 2.44. The summed E-state index contributed by atoms with van der Waals surface area (Å²) in [6.07, 6.45) is 0. The van der Waals surface area contributed by atoms with Crippen molar-refractivity contribution in [3.05, 3.63) is 32.4 Å². The van der Waals surface area contributed by atoms with Gasteiger partial charge in [0.25, 0.3) is 0 Å². The van der Waals surface area contributed by atoms with E-state index in [4.69, 9.17) is 5.73 Å². The average molecular weight is 343 g/mol. The molecule has 3 heteroatoms. The highest BCUT2D eigenvalue weighted by Crippen LogP contribution is 2.18. The van der Waals surface area contributed by atoms with Gasteiger partial charge in [-0.15, -0.1) is 5.54 Å². The Labute approximate surface area is 113 Å². The smallest absolute Gasteiger partial charge is 0.129 e. The Morgan fingerprint density at radius 1 is 1.31 bits per heavy atom. The van der Waals surface area contributed by atoms with Crippen LogP contribution in [0.2, 0.25) is 19.6 Å². The summed E-state index contributed by atoms with van der Waals surface area (Å²) < 4.78 is 1.25. The van der Waals surface area contributed by atoms with Gasteiger partial charge in [0.2, 0.25) is 0 Å². The molecule has 2 N–H and O–H groups in total. The third-order valence-corrected chi connectivity index (χ3v) is 4.21. The second-order valence-electron chi connectivity index (χ2n) is 4.95. The molecule has 0 unspecified atom stereocenters. The van der Waals surface area contributed by atoms with Crippen LogP contribution in [0.5, 0.6) is 0 Å². The fourth-order valence-electron chi connectivity index (χ4n) is 1.24. The molecule has 0 heterocycles. The molecule has 16 heavy (non-hydrogen) atoms. The van der Waals surface area contributed by atoms with Crippen molar-refractivity contribution >= 4 is 30.7 Å². The Balaban J connectivity index is 3.21. The third-order valence-electron chi connectivity index (χ3n) is 2.21. The third kappa shape index (κ3) is 3.93. The van der Waals surface area contributed by atoms with Gasteiger partial charge in [0, 0.05) is 15.7 Å². The van der Waals surface area contributed by atoms with E-state index >= 15 is 0 Å². The van der Waals surface area contributed by atoms with E-state index < -0.39 is 8.07 Å². The lowest BCUT2D eigenvalue weighted by Gasteiger charge is -2.07. The van der Waals surface area contributed by atoms with Crippen LogP contribution in [0.15, 0.2) is 12.1 Å². The van der Waals surface area contributed by atoms with Crippen molar-refractivity contribution in [2.75, 3.05) is 0 Å². The molecule has 0 aliphatic rings. The van der Waals surface area contributed by atoms with Gasteiger partial charge >= 0.3 is 0 Å². The molecule has 0 aromatic heterocycles. The zero-order valence-corrected chi connectivity index (χ0v) is 13.5. The molecule has 86 valence electrons. The molecule has 1 aromatic carbocycles. The lowest BCUT2D eigenvalue weighted by Crippen LogP contribution is -2.16. The Morgan fingerprint density at radius 3 is 2.44 bits per heavy atom. The maximum Gasteiger partial charge on any atom is 0.129 e.